The predicted octanol–water partition coefficient (Wildman–Crippen LogP) is 2.66. The second-order valence-electron chi connectivity index (χ2n) is 8.16. The Morgan fingerprint density at radius 1 is 0.816 bits per heavy atom. The van der Waals surface area contributed by atoms with E-state index in [1.165, 1.54) is 24.3 Å². The van der Waals surface area contributed by atoms with Gasteiger partial charge in [0, 0.05) is 0 Å². The highest BCUT2D eigenvalue weighted by molar-refractivity contribution is 7.92. The lowest BCUT2D eigenvalue weighted by Crippen LogP contribution is -2.22. The van der Waals surface area contributed by atoms with Crippen LogP contribution in [0.5, 0.6) is 0 Å². The third-order valence-corrected chi connectivity index (χ3v) is 8.53. The van der Waals surface area contributed by atoms with Crippen LogP contribution in [0.25, 0.3) is 11.0 Å². The van der Waals surface area contributed by atoms with E-state index in [0.29, 0.717) is 4.09 Å². The van der Waals surface area contributed by atoms with E-state index >= 15 is 0 Å². The predicted molar refractivity (Wildman–Crippen MR) is 136 cm³/mol. The number of pyridine rings is 1. The molecular weight excluding hydrogens is 536 g/mol. The third kappa shape index (κ3) is 4.70. The molecule has 0 aliphatic heterocycles. The fraction of sp³-hybridized carbons (Fsp3) is 0.167. The number of methoxy groups -OCH3 is 2. The monoisotopic (exact) mass is 558 g/mol. The topological polar surface area (TPSA) is 164 Å². The Kier molecular flexibility index (Phi) is 6.95. The number of aryl methyl sites for hydroxylation is 2. The number of ether oxygens (including phenoxy) is 2. The van der Waals surface area contributed by atoms with Crippen molar-refractivity contribution in [3.05, 3.63) is 77.1 Å². The van der Waals surface area contributed by atoms with Gasteiger partial charge >= 0.3 is 11.9 Å². The van der Waals surface area contributed by atoms with Crippen LogP contribution in [0.2, 0.25) is 0 Å². The molecule has 14 heteroatoms. The van der Waals surface area contributed by atoms with Gasteiger partial charge in [0.25, 0.3) is 20.0 Å². The van der Waals surface area contributed by atoms with Crippen molar-refractivity contribution < 1.29 is 35.9 Å². The average Bonchev–Trinajstić information content (AvgIpc) is 3.33. The number of hydrogen-bond donors (Lipinski definition) is 1. The minimum Gasteiger partial charge on any atom is -0.465 e. The summed E-state index contributed by atoms with van der Waals surface area (Å²) in [4.78, 5) is 29.2. The van der Waals surface area contributed by atoms with Gasteiger partial charge in [-0.05, 0) is 38.1 Å². The summed E-state index contributed by atoms with van der Waals surface area (Å²) in [6, 6.07) is 11.7. The molecule has 0 aliphatic rings. The Labute approximate surface area is 218 Å². The van der Waals surface area contributed by atoms with E-state index in [-0.39, 0.29) is 15.2 Å². The second-order valence-corrected chi connectivity index (χ2v) is 11.6. The zero-order valence-electron chi connectivity index (χ0n) is 20.6. The van der Waals surface area contributed by atoms with Crippen LogP contribution in [0.3, 0.4) is 0 Å². The summed E-state index contributed by atoms with van der Waals surface area (Å²) in [5.41, 5.74) is -0.491. The molecule has 38 heavy (non-hydrogen) atoms. The van der Waals surface area contributed by atoms with E-state index in [0.717, 1.165) is 31.5 Å². The fourth-order valence-corrected chi connectivity index (χ4v) is 5.88. The molecule has 4 aromatic rings. The molecule has 0 saturated carbocycles. The maximum Gasteiger partial charge on any atom is 0.357 e. The van der Waals surface area contributed by atoms with Crippen LogP contribution in [0, 0.1) is 13.8 Å². The molecule has 1 N–H and O–H groups in total. The highest BCUT2D eigenvalue weighted by Crippen LogP contribution is 2.33. The van der Waals surface area contributed by atoms with E-state index in [1.807, 2.05) is 0 Å². The Morgan fingerprint density at radius 2 is 1.34 bits per heavy atom. The van der Waals surface area contributed by atoms with Gasteiger partial charge in [0.1, 0.15) is 5.56 Å². The molecule has 2 aromatic carbocycles. The number of fused-ring (bicyclic) bond motifs is 1. The number of anilines is 1. The number of hydrogen-bond acceptors (Lipinski definition) is 10. The van der Waals surface area contributed by atoms with Gasteiger partial charge in [0.05, 0.1) is 41.3 Å². The van der Waals surface area contributed by atoms with Crippen LogP contribution in [-0.2, 0) is 29.5 Å². The summed E-state index contributed by atoms with van der Waals surface area (Å²) < 4.78 is 65.7. The van der Waals surface area contributed by atoms with Gasteiger partial charge in [-0.15, -0.1) is 4.09 Å². The van der Waals surface area contributed by atoms with Crippen LogP contribution < -0.4 is 4.72 Å². The molecule has 198 valence electrons. The maximum atomic E-state index is 13.4. The molecule has 12 nitrogen and oxygen atoms in total. The molecule has 2 aromatic heterocycles. The lowest BCUT2D eigenvalue weighted by atomic mass is 10.1. The Hall–Kier alpha value is -4.30. The van der Waals surface area contributed by atoms with Crippen molar-refractivity contribution in [3.8, 4) is 0 Å². The number of carbonyl (C=O) groups excluding carboxylic acids is 2. The SMILES string of the molecule is COC(=O)c1nc2c(cnn2S(=O)(=O)c2ccc(C)cc2)c(NS(=O)(=O)c2ccc(C)cc2)c1C(=O)OC. The van der Waals surface area contributed by atoms with Crippen molar-refractivity contribution in [2.45, 2.75) is 23.6 Å². The first-order chi connectivity index (χ1) is 17.9. The number of nitrogens with zero attached hydrogens (tertiary/aromatic N) is 3. The minimum atomic E-state index is -4.35. The quantitative estimate of drug-likeness (QED) is 0.334. The first kappa shape index (κ1) is 26.8. The maximum absolute atomic E-state index is 13.4. The van der Waals surface area contributed by atoms with Crippen molar-refractivity contribution in [3.63, 3.8) is 0 Å². The standard InChI is InChI=1S/C24H22N4O8S2/c1-14-5-9-16(10-6-14)37(31,32)27-20-18-13-25-28(38(33,34)17-11-7-15(2)8-12-17)22(18)26-21(24(30)36-4)19(20)23(29)35-3/h5-13H,1-4H3,(H,26,27). The van der Waals surface area contributed by atoms with Gasteiger partial charge in [-0.1, -0.05) is 35.4 Å². The Morgan fingerprint density at radius 3 is 1.87 bits per heavy atom. The van der Waals surface area contributed by atoms with E-state index in [1.54, 1.807) is 38.1 Å². The molecule has 0 spiro atoms. The number of esters is 2. The van der Waals surface area contributed by atoms with Crippen molar-refractivity contribution in [1.82, 2.24) is 14.2 Å². The molecular formula is C24H22N4O8S2. The van der Waals surface area contributed by atoms with Gasteiger partial charge < -0.3 is 9.47 Å². The lowest BCUT2D eigenvalue weighted by molar-refractivity contribution is 0.0551. The highest BCUT2D eigenvalue weighted by atomic mass is 32.2. The van der Waals surface area contributed by atoms with Crippen molar-refractivity contribution >= 4 is 48.7 Å². The smallest absolute Gasteiger partial charge is 0.357 e. The molecule has 4 rings (SSSR count). The molecule has 0 radical (unpaired) electrons. The number of rotatable bonds is 7. The van der Waals surface area contributed by atoms with Gasteiger partial charge in [-0.25, -0.2) is 23.0 Å². The van der Waals surface area contributed by atoms with Gasteiger partial charge in [0.15, 0.2) is 11.3 Å². The number of sulfonamides is 1. The van der Waals surface area contributed by atoms with Crippen LogP contribution in [-0.4, -0.2) is 57.2 Å². The molecule has 0 aliphatic carbocycles. The molecule has 0 unspecified atom stereocenters. The summed E-state index contributed by atoms with van der Waals surface area (Å²) in [5.74, 6) is -2.25. The first-order valence-electron chi connectivity index (χ1n) is 10.9. The Balaban J connectivity index is 2.04. The summed E-state index contributed by atoms with van der Waals surface area (Å²) >= 11 is 0. The van der Waals surface area contributed by atoms with Crippen molar-refractivity contribution in [2.24, 2.45) is 0 Å². The molecule has 0 atom stereocenters. The number of aromatic nitrogens is 3. The number of benzene rings is 2. The van der Waals surface area contributed by atoms with E-state index in [2.05, 4.69) is 14.8 Å². The van der Waals surface area contributed by atoms with E-state index in [9.17, 15) is 26.4 Å². The van der Waals surface area contributed by atoms with Gasteiger partial charge in [-0.2, -0.15) is 13.5 Å². The first-order valence-corrected chi connectivity index (χ1v) is 13.8. The number of nitrogens with one attached hydrogen (secondary N) is 1. The summed E-state index contributed by atoms with van der Waals surface area (Å²) in [6.07, 6.45) is 1.02. The number of carbonyl (C=O) groups is 2. The fourth-order valence-electron chi connectivity index (χ4n) is 3.57. The van der Waals surface area contributed by atoms with Crippen LogP contribution in [0.1, 0.15) is 32.0 Å². The molecule has 0 bridgehead atoms. The molecule has 0 fully saturated rings. The van der Waals surface area contributed by atoms with Crippen molar-refractivity contribution in [1.29, 1.82) is 0 Å². The summed E-state index contributed by atoms with van der Waals surface area (Å²) in [7, 11) is -6.64. The van der Waals surface area contributed by atoms with Crippen LogP contribution in [0.15, 0.2) is 64.5 Å². The normalized spacial score (nSPS) is 11.8. The highest BCUT2D eigenvalue weighted by Gasteiger charge is 2.33. The zero-order valence-corrected chi connectivity index (χ0v) is 22.3. The third-order valence-electron chi connectivity index (χ3n) is 5.57. The van der Waals surface area contributed by atoms with E-state index in [4.69, 9.17) is 9.47 Å². The molecule has 2 heterocycles. The van der Waals surface area contributed by atoms with Crippen LogP contribution in [0.4, 0.5) is 5.69 Å². The lowest BCUT2D eigenvalue weighted by Gasteiger charge is -2.15. The zero-order chi connectivity index (χ0) is 27.8. The minimum absolute atomic E-state index is 0.131. The average molecular weight is 559 g/mol. The summed E-state index contributed by atoms with van der Waals surface area (Å²) in [6.45, 7) is 3.56. The van der Waals surface area contributed by atoms with Gasteiger partial charge in [-0.3, -0.25) is 4.72 Å². The van der Waals surface area contributed by atoms with E-state index < -0.39 is 54.6 Å². The molecule has 0 saturated heterocycles. The Bertz CT molecular complexity index is 1780. The van der Waals surface area contributed by atoms with Crippen LogP contribution >= 0.6 is 0 Å². The van der Waals surface area contributed by atoms with Gasteiger partial charge in [0.2, 0.25) is 0 Å². The largest absolute Gasteiger partial charge is 0.465 e. The second kappa shape index (κ2) is 9.87. The molecule has 0 amide bonds. The van der Waals surface area contributed by atoms with Crippen molar-refractivity contribution in [2.75, 3.05) is 18.9 Å². The summed E-state index contributed by atoms with van der Waals surface area (Å²) in [5, 5.41) is 3.74.